The van der Waals surface area contributed by atoms with Crippen LogP contribution in [0, 0.1) is 0 Å². The van der Waals surface area contributed by atoms with Crippen LogP contribution < -0.4 is 0 Å². The first kappa shape index (κ1) is 15.9. The number of carboxylic acid groups (broad SMARTS) is 1. The number of para-hydroxylation sites is 1. The normalized spacial score (nSPS) is 11.0. The fraction of sp³-hybridized carbons (Fsp3) is 0.211. The highest BCUT2D eigenvalue weighted by Crippen LogP contribution is 2.32. The summed E-state index contributed by atoms with van der Waals surface area (Å²) in [6.45, 7) is 2.39. The number of carboxylic acids is 1. The Balaban J connectivity index is 2.23. The predicted molar refractivity (Wildman–Crippen MR) is 91.5 cm³/mol. The Kier molecular flexibility index (Phi) is 4.16. The molecule has 0 aliphatic rings. The first-order valence-corrected chi connectivity index (χ1v) is 7.83. The van der Waals surface area contributed by atoms with Crippen LogP contribution in [0.15, 0.2) is 42.5 Å². The Bertz CT molecular complexity index is 911. The highest BCUT2D eigenvalue weighted by molar-refractivity contribution is 5.90. The van der Waals surface area contributed by atoms with E-state index in [4.69, 9.17) is 0 Å². The van der Waals surface area contributed by atoms with E-state index >= 15 is 0 Å². The van der Waals surface area contributed by atoms with Gasteiger partial charge in [0.1, 0.15) is 11.5 Å². The molecule has 3 N–H and O–H groups in total. The summed E-state index contributed by atoms with van der Waals surface area (Å²) in [6, 6.07) is 12.0. The van der Waals surface area contributed by atoms with E-state index in [0.717, 1.165) is 27.7 Å². The van der Waals surface area contributed by atoms with Crippen molar-refractivity contribution in [1.29, 1.82) is 0 Å². The molecule has 0 spiro atoms. The topological polar surface area (TPSA) is 82.7 Å². The third-order valence-corrected chi connectivity index (χ3v) is 4.25. The van der Waals surface area contributed by atoms with Gasteiger partial charge < -0.3 is 19.9 Å². The maximum Gasteiger partial charge on any atom is 0.307 e. The summed E-state index contributed by atoms with van der Waals surface area (Å²) in [6.07, 6.45) is 0.587. The number of rotatable bonds is 5. The van der Waals surface area contributed by atoms with Gasteiger partial charge in [0.05, 0.1) is 18.5 Å². The number of phenols is 2. The van der Waals surface area contributed by atoms with E-state index < -0.39 is 5.97 Å². The first-order valence-electron chi connectivity index (χ1n) is 7.83. The van der Waals surface area contributed by atoms with E-state index in [1.54, 1.807) is 30.3 Å². The van der Waals surface area contributed by atoms with Gasteiger partial charge in [-0.05, 0) is 30.2 Å². The number of aromatic hydroxyl groups is 2. The average Bonchev–Trinajstić information content (AvgIpc) is 2.81. The van der Waals surface area contributed by atoms with Crippen LogP contribution in [0.25, 0.3) is 10.9 Å². The van der Waals surface area contributed by atoms with Crippen molar-refractivity contribution in [3.05, 3.63) is 59.3 Å². The van der Waals surface area contributed by atoms with Crippen LogP contribution in [0.5, 0.6) is 11.5 Å². The van der Waals surface area contributed by atoms with Gasteiger partial charge in [0, 0.05) is 22.7 Å². The van der Waals surface area contributed by atoms with Crippen molar-refractivity contribution in [3.63, 3.8) is 0 Å². The number of fused-ring (bicyclic) bond motifs is 1. The van der Waals surface area contributed by atoms with Gasteiger partial charge in [-0.25, -0.2) is 0 Å². The van der Waals surface area contributed by atoms with E-state index in [1.807, 2.05) is 23.6 Å². The molecule has 0 aliphatic heterocycles. The SMILES string of the molecule is CCc1c(CC(=O)O)c2ccc(O)cc2n1Cc1ccccc1O. The molecule has 1 aromatic heterocycles. The van der Waals surface area contributed by atoms with Crippen LogP contribution in [-0.4, -0.2) is 25.9 Å². The maximum absolute atomic E-state index is 11.3. The minimum Gasteiger partial charge on any atom is -0.508 e. The Morgan fingerprint density at radius 1 is 1.12 bits per heavy atom. The quantitative estimate of drug-likeness (QED) is 0.672. The van der Waals surface area contributed by atoms with Gasteiger partial charge in [0.25, 0.3) is 0 Å². The van der Waals surface area contributed by atoms with Crippen molar-refractivity contribution in [1.82, 2.24) is 4.57 Å². The van der Waals surface area contributed by atoms with Gasteiger partial charge in [-0.2, -0.15) is 0 Å². The van der Waals surface area contributed by atoms with Crippen molar-refractivity contribution in [2.24, 2.45) is 0 Å². The molecule has 0 saturated carbocycles. The highest BCUT2D eigenvalue weighted by Gasteiger charge is 2.19. The molecule has 0 amide bonds. The monoisotopic (exact) mass is 325 g/mol. The predicted octanol–water partition coefficient (Wildman–Crippen LogP) is 3.29. The highest BCUT2D eigenvalue weighted by atomic mass is 16.4. The van der Waals surface area contributed by atoms with Crippen molar-refractivity contribution in [3.8, 4) is 11.5 Å². The number of carbonyl (C=O) groups is 1. The molecule has 0 aliphatic carbocycles. The summed E-state index contributed by atoms with van der Waals surface area (Å²) in [4.78, 5) is 11.3. The lowest BCUT2D eigenvalue weighted by atomic mass is 10.1. The molecule has 3 aromatic rings. The molecule has 5 heteroatoms. The number of benzene rings is 2. The zero-order valence-electron chi connectivity index (χ0n) is 13.4. The molecule has 0 bridgehead atoms. The lowest BCUT2D eigenvalue weighted by Crippen LogP contribution is -2.07. The van der Waals surface area contributed by atoms with Gasteiger partial charge in [-0.15, -0.1) is 0 Å². The van der Waals surface area contributed by atoms with Gasteiger partial charge in [0.15, 0.2) is 0 Å². The second-order valence-corrected chi connectivity index (χ2v) is 5.77. The largest absolute Gasteiger partial charge is 0.508 e. The maximum atomic E-state index is 11.3. The Hall–Kier alpha value is -2.95. The molecule has 0 atom stereocenters. The number of aromatic nitrogens is 1. The van der Waals surface area contributed by atoms with Gasteiger partial charge >= 0.3 is 5.97 Å². The van der Waals surface area contributed by atoms with E-state index in [0.29, 0.717) is 13.0 Å². The number of aliphatic carboxylic acids is 1. The molecule has 2 aromatic carbocycles. The smallest absolute Gasteiger partial charge is 0.307 e. The van der Waals surface area contributed by atoms with Crippen LogP contribution in [-0.2, 0) is 24.2 Å². The summed E-state index contributed by atoms with van der Waals surface area (Å²) < 4.78 is 1.97. The van der Waals surface area contributed by atoms with Gasteiger partial charge in [0.2, 0.25) is 0 Å². The first-order chi connectivity index (χ1) is 11.5. The van der Waals surface area contributed by atoms with E-state index in [-0.39, 0.29) is 17.9 Å². The number of hydrogen-bond acceptors (Lipinski definition) is 3. The zero-order chi connectivity index (χ0) is 17.3. The Morgan fingerprint density at radius 2 is 1.88 bits per heavy atom. The Morgan fingerprint density at radius 3 is 2.54 bits per heavy atom. The minimum atomic E-state index is -0.889. The second kappa shape index (κ2) is 6.28. The molecule has 24 heavy (non-hydrogen) atoms. The molecule has 0 radical (unpaired) electrons. The zero-order valence-corrected chi connectivity index (χ0v) is 13.4. The van der Waals surface area contributed by atoms with Crippen molar-refractivity contribution in [2.75, 3.05) is 0 Å². The van der Waals surface area contributed by atoms with Crippen LogP contribution >= 0.6 is 0 Å². The molecule has 3 rings (SSSR count). The van der Waals surface area contributed by atoms with Crippen LogP contribution in [0.2, 0.25) is 0 Å². The Labute approximate surface area is 139 Å². The number of phenolic OH excluding ortho intramolecular Hbond substituents is 2. The number of hydrogen-bond donors (Lipinski definition) is 3. The molecule has 124 valence electrons. The fourth-order valence-electron chi connectivity index (χ4n) is 3.21. The lowest BCUT2D eigenvalue weighted by Gasteiger charge is -2.12. The minimum absolute atomic E-state index is 0.0712. The molecule has 5 nitrogen and oxygen atoms in total. The van der Waals surface area contributed by atoms with Gasteiger partial charge in [-0.1, -0.05) is 25.1 Å². The van der Waals surface area contributed by atoms with E-state index in [9.17, 15) is 20.1 Å². The summed E-state index contributed by atoms with van der Waals surface area (Å²) >= 11 is 0. The van der Waals surface area contributed by atoms with Crippen molar-refractivity contribution in [2.45, 2.75) is 26.3 Å². The van der Waals surface area contributed by atoms with Crippen LogP contribution in [0.4, 0.5) is 0 Å². The molecular weight excluding hydrogens is 306 g/mol. The molecule has 0 saturated heterocycles. The third kappa shape index (κ3) is 2.80. The fourth-order valence-corrected chi connectivity index (χ4v) is 3.21. The summed E-state index contributed by atoms with van der Waals surface area (Å²) in [7, 11) is 0. The summed E-state index contributed by atoms with van der Waals surface area (Å²) in [5, 5.41) is 30.0. The molecular formula is C19H19NO4. The van der Waals surface area contributed by atoms with Crippen molar-refractivity contribution < 1.29 is 20.1 Å². The number of nitrogens with zero attached hydrogens (tertiary/aromatic N) is 1. The average molecular weight is 325 g/mol. The van der Waals surface area contributed by atoms with Crippen molar-refractivity contribution >= 4 is 16.9 Å². The van der Waals surface area contributed by atoms with E-state index in [2.05, 4.69) is 0 Å². The third-order valence-electron chi connectivity index (χ3n) is 4.25. The summed E-state index contributed by atoms with van der Waals surface area (Å²) in [5.74, 6) is -0.566. The molecule has 0 unspecified atom stereocenters. The molecule has 0 fully saturated rings. The summed E-state index contributed by atoms with van der Waals surface area (Å²) in [5.41, 5.74) is 3.18. The van der Waals surface area contributed by atoms with Gasteiger partial charge in [-0.3, -0.25) is 4.79 Å². The second-order valence-electron chi connectivity index (χ2n) is 5.77. The van der Waals surface area contributed by atoms with Crippen LogP contribution in [0.1, 0.15) is 23.7 Å². The molecule has 1 heterocycles. The van der Waals surface area contributed by atoms with E-state index in [1.165, 1.54) is 0 Å². The standard InChI is InChI=1S/C19H19NO4/c1-2-16-15(10-19(23)24)14-8-7-13(21)9-17(14)20(16)11-12-5-3-4-6-18(12)22/h3-9,21-22H,2,10-11H2,1H3,(H,23,24). The van der Waals surface area contributed by atoms with Crippen LogP contribution in [0.3, 0.4) is 0 Å². The lowest BCUT2D eigenvalue weighted by molar-refractivity contribution is -0.136.